The first-order chi connectivity index (χ1) is 12.9. The van der Waals surface area contributed by atoms with E-state index in [0.29, 0.717) is 39.4 Å². The number of anilines is 1. The molecule has 0 spiro atoms. The van der Waals surface area contributed by atoms with Gasteiger partial charge in [-0.15, -0.1) is 0 Å². The van der Waals surface area contributed by atoms with Gasteiger partial charge in [0.25, 0.3) is 0 Å². The molecule has 27 heavy (non-hydrogen) atoms. The molecule has 142 valence electrons. The van der Waals surface area contributed by atoms with Gasteiger partial charge in [0.2, 0.25) is 0 Å². The average Bonchev–Trinajstić information content (AvgIpc) is 2.62. The number of ether oxygens (including phenoxy) is 3. The smallest absolute Gasteiger partial charge is 0.325 e. The fourth-order valence-electron chi connectivity index (χ4n) is 3.73. The lowest BCUT2D eigenvalue weighted by molar-refractivity contribution is 0.0375. The third kappa shape index (κ3) is 2.84. The zero-order valence-corrected chi connectivity index (χ0v) is 16.5. The second kappa shape index (κ2) is 6.39. The van der Waals surface area contributed by atoms with Crippen LogP contribution in [0.3, 0.4) is 0 Å². The molecule has 1 N–H and O–H groups in total. The van der Waals surface area contributed by atoms with E-state index in [-0.39, 0.29) is 12.1 Å². The van der Waals surface area contributed by atoms with Gasteiger partial charge in [0.05, 0.1) is 31.0 Å². The first kappa shape index (κ1) is 18.1. The fraction of sp³-hybridized carbons (Fsp3) is 0.316. The van der Waals surface area contributed by atoms with Crippen LogP contribution in [0, 0.1) is 0 Å². The molecule has 2 aromatic rings. The first-order valence-corrected chi connectivity index (χ1v) is 9.12. The van der Waals surface area contributed by atoms with Crippen molar-refractivity contribution in [2.45, 2.75) is 25.1 Å². The van der Waals surface area contributed by atoms with E-state index in [1.807, 2.05) is 19.1 Å². The third-order valence-electron chi connectivity index (χ3n) is 4.93. The predicted molar refractivity (Wildman–Crippen MR) is 103 cm³/mol. The SMILES string of the molecule is COc1cc(OC)c(N2C(=O)NC3CC2(C)Oc2ccc(Cl)cc23)cc1Cl. The maximum atomic E-state index is 13.0. The first-order valence-electron chi connectivity index (χ1n) is 8.37. The lowest BCUT2D eigenvalue weighted by Crippen LogP contribution is -2.65. The number of nitrogens with zero attached hydrogens (tertiary/aromatic N) is 1. The molecule has 8 heteroatoms. The Labute approximate surface area is 166 Å². The summed E-state index contributed by atoms with van der Waals surface area (Å²) in [5, 5.41) is 3.99. The second-order valence-electron chi connectivity index (χ2n) is 6.66. The Morgan fingerprint density at radius 1 is 1.19 bits per heavy atom. The Balaban J connectivity index is 1.83. The van der Waals surface area contributed by atoms with Crippen LogP contribution in [0.1, 0.15) is 24.9 Å². The van der Waals surface area contributed by atoms with Crippen LogP contribution >= 0.6 is 23.2 Å². The van der Waals surface area contributed by atoms with Crippen molar-refractivity contribution in [3.8, 4) is 17.2 Å². The highest BCUT2D eigenvalue weighted by Crippen LogP contribution is 2.49. The Morgan fingerprint density at radius 3 is 2.63 bits per heavy atom. The monoisotopic (exact) mass is 408 g/mol. The lowest BCUT2D eigenvalue weighted by atomic mass is 9.90. The molecule has 2 amide bonds. The Bertz CT molecular complexity index is 936. The summed E-state index contributed by atoms with van der Waals surface area (Å²) in [5.74, 6) is 1.60. The second-order valence-corrected chi connectivity index (χ2v) is 7.50. The summed E-state index contributed by atoms with van der Waals surface area (Å²) >= 11 is 12.4. The van der Waals surface area contributed by atoms with E-state index in [0.717, 1.165) is 5.56 Å². The number of carbonyl (C=O) groups excluding carboxylic acids is 1. The highest BCUT2D eigenvalue weighted by Gasteiger charge is 2.50. The zero-order valence-electron chi connectivity index (χ0n) is 15.0. The number of hydrogen-bond acceptors (Lipinski definition) is 4. The molecule has 4 rings (SSSR count). The van der Waals surface area contributed by atoms with Gasteiger partial charge in [-0.2, -0.15) is 0 Å². The maximum absolute atomic E-state index is 13.0. The van der Waals surface area contributed by atoms with Gasteiger partial charge in [0.15, 0.2) is 5.72 Å². The summed E-state index contributed by atoms with van der Waals surface area (Å²) in [6.07, 6.45) is 0.541. The van der Waals surface area contributed by atoms with Gasteiger partial charge in [0, 0.05) is 23.1 Å². The van der Waals surface area contributed by atoms with Gasteiger partial charge in [-0.25, -0.2) is 4.79 Å². The summed E-state index contributed by atoms with van der Waals surface area (Å²) in [6, 6.07) is 8.20. The van der Waals surface area contributed by atoms with Crippen molar-refractivity contribution in [1.29, 1.82) is 0 Å². The lowest BCUT2D eigenvalue weighted by Gasteiger charge is -2.50. The molecule has 0 saturated carbocycles. The summed E-state index contributed by atoms with van der Waals surface area (Å²) in [6.45, 7) is 1.87. The van der Waals surface area contributed by atoms with Crippen molar-refractivity contribution >= 4 is 34.9 Å². The molecule has 2 unspecified atom stereocenters. The Morgan fingerprint density at radius 2 is 1.93 bits per heavy atom. The van der Waals surface area contributed by atoms with Gasteiger partial charge < -0.3 is 19.5 Å². The van der Waals surface area contributed by atoms with Gasteiger partial charge in [-0.05, 0) is 31.2 Å². The quantitative estimate of drug-likeness (QED) is 0.793. The molecule has 2 heterocycles. The number of halogens is 2. The molecule has 0 radical (unpaired) electrons. The third-order valence-corrected chi connectivity index (χ3v) is 5.46. The van der Waals surface area contributed by atoms with Crippen LogP contribution in [0.25, 0.3) is 0 Å². The molecule has 2 aromatic carbocycles. The van der Waals surface area contributed by atoms with Crippen molar-refractivity contribution < 1.29 is 19.0 Å². The molecule has 2 aliphatic heterocycles. The van der Waals surface area contributed by atoms with Crippen LogP contribution < -0.4 is 24.4 Å². The van der Waals surface area contributed by atoms with Crippen LogP contribution in [0.2, 0.25) is 10.0 Å². The van der Waals surface area contributed by atoms with E-state index in [1.54, 1.807) is 18.2 Å². The van der Waals surface area contributed by atoms with Crippen molar-refractivity contribution in [1.82, 2.24) is 5.32 Å². The van der Waals surface area contributed by atoms with Gasteiger partial charge in [-0.1, -0.05) is 23.2 Å². The minimum absolute atomic E-state index is 0.194. The number of nitrogens with one attached hydrogen (secondary N) is 1. The zero-order chi connectivity index (χ0) is 19.3. The van der Waals surface area contributed by atoms with E-state index in [1.165, 1.54) is 19.1 Å². The topological polar surface area (TPSA) is 60.0 Å². The molecule has 2 bridgehead atoms. The molecule has 2 aliphatic rings. The summed E-state index contributed by atoms with van der Waals surface area (Å²) in [4.78, 5) is 14.5. The minimum atomic E-state index is -0.918. The van der Waals surface area contributed by atoms with E-state index >= 15 is 0 Å². The van der Waals surface area contributed by atoms with E-state index in [9.17, 15) is 4.79 Å². The normalized spacial score (nSPS) is 23.2. The molecule has 1 saturated heterocycles. The predicted octanol–water partition coefficient (Wildman–Crippen LogP) is 4.78. The van der Waals surface area contributed by atoms with Crippen LogP contribution in [0.4, 0.5) is 10.5 Å². The average molecular weight is 409 g/mol. The van der Waals surface area contributed by atoms with Crippen molar-refractivity contribution in [2.24, 2.45) is 0 Å². The van der Waals surface area contributed by atoms with Gasteiger partial charge >= 0.3 is 6.03 Å². The molecule has 0 aliphatic carbocycles. The van der Waals surface area contributed by atoms with Crippen molar-refractivity contribution in [3.63, 3.8) is 0 Å². The van der Waals surface area contributed by atoms with Gasteiger partial charge in [-0.3, -0.25) is 4.90 Å². The Hall–Kier alpha value is -2.31. The van der Waals surface area contributed by atoms with Crippen molar-refractivity contribution in [2.75, 3.05) is 19.1 Å². The van der Waals surface area contributed by atoms with Crippen LogP contribution in [0.15, 0.2) is 30.3 Å². The number of hydrogen-bond donors (Lipinski definition) is 1. The number of rotatable bonds is 3. The summed E-state index contributed by atoms with van der Waals surface area (Å²) < 4.78 is 17.0. The van der Waals surface area contributed by atoms with Gasteiger partial charge in [0.1, 0.15) is 17.2 Å². The number of benzene rings is 2. The number of urea groups is 1. The number of methoxy groups -OCH3 is 2. The van der Waals surface area contributed by atoms with E-state index in [4.69, 9.17) is 37.4 Å². The molecular weight excluding hydrogens is 391 g/mol. The number of carbonyl (C=O) groups is 1. The minimum Gasteiger partial charge on any atom is -0.495 e. The standard InChI is InChI=1S/C19H18Cl2N2O4/c1-19-9-13(11-6-10(20)4-5-15(11)27-19)22-18(24)23(19)14-7-12(21)16(25-2)8-17(14)26-3/h4-8,13H,9H2,1-3H3,(H,22,24). The molecule has 1 fully saturated rings. The maximum Gasteiger partial charge on any atom is 0.325 e. The molecular formula is C19H18Cl2N2O4. The van der Waals surface area contributed by atoms with E-state index < -0.39 is 5.72 Å². The summed E-state index contributed by atoms with van der Waals surface area (Å²) in [5.41, 5.74) is 0.450. The van der Waals surface area contributed by atoms with Crippen molar-refractivity contribution in [3.05, 3.63) is 45.9 Å². The number of amides is 2. The Kier molecular flexibility index (Phi) is 4.28. The molecule has 6 nitrogen and oxygen atoms in total. The molecule has 2 atom stereocenters. The van der Waals surface area contributed by atoms with Crippen LogP contribution in [-0.4, -0.2) is 26.0 Å². The van der Waals surface area contributed by atoms with E-state index in [2.05, 4.69) is 5.32 Å². The summed E-state index contributed by atoms with van der Waals surface area (Å²) in [7, 11) is 3.05. The molecule has 0 aromatic heterocycles. The van der Waals surface area contributed by atoms with Crippen LogP contribution in [-0.2, 0) is 0 Å². The highest BCUT2D eigenvalue weighted by atomic mass is 35.5. The number of fused-ring (bicyclic) bond motifs is 4. The highest BCUT2D eigenvalue weighted by molar-refractivity contribution is 6.32. The largest absolute Gasteiger partial charge is 0.495 e. The van der Waals surface area contributed by atoms with Crippen LogP contribution in [0.5, 0.6) is 17.2 Å². The fourth-order valence-corrected chi connectivity index (χ4v) is 4.14.